The highest BCUT2D eigenvalue weighted by molar-refractivity contribution is 7.14. The molecule has 1 amide bonds. The van der Waals surface area contributed by atoms with Gasteiger partial charge in [-0.1, -0.05) is 12.1 Å². The lowest BCUT2D eigenvalue weighted by Crippen LogP contribution is -2.41. The maximum absolute atomic E-state index is 13.4. The fraction of sp³-hybridized carbons (Fsp3) is 0.286. The number of nitrogens with two attached hydrogens (primary N) is 1. The van der Waals surface area contributed by atoms with Gasteiger partial charge in [-0.05, 0) is 43.0 Å². The summed E-state index contributed by atoms with van der Waals surface area (Å²) in [6.45, 7) is 1.00. The van der Waals surface area contributed by atoms with E-state index >= 15 is 0 Å². The molecule has 148 valence electrons. The standard InChI is InChI=1S/C21H20FN5OS/c22-15-4-1-3-13(7-15)8-16(11-24)26-21(28)19-9-17-18(29-19)5-2-6-27-20(17)14(10-23)12-25-27/h1,3-4,7,9,12,16H,2,5-6,8,11,24H2,(H,26,28). The first-order valence-electron chi connectivity index (χ1n) is 9.43. The number of aryl methyl sites for hydroxylation is 2. The van der Waals surface area contributed by atoms with Crippen LogP contribution in [-0.4, -0.2) is 28.3 Å². The van der Waals surface area contributed by atoms with Crippen LogP contribution in [0.5, 0.6) is 0 Å². The summed E-state index contributed by atoms with van der Waals surface area (Å²) < 4.78 is 15.3. The fourth-order valence-electron chi connectivity index (χ4n) is 3.64. The van der Waals surface area contributed by atoms with Crippen LogP contribution in [0, 0.1) is 17.1 Å². The Bertz CT molecular complexity index is 1100. The van der Waals surface area contributed by atoms with Crippen LogP contribution in [0.3, 0.4) is 0 Å². The molecule has 0 spiro atoms. The minimum absolute atomic E-state index is 0.209. The van der Waals surface area contributed by atoms with Crippen LogP contribution >= 0.6 is 11.3 Å². The van der Waals surface area contributed by atoms with Crippen LogP contribution in [0.1, 0.15) is 32.1 Å². The number of rotatable bonds is 5. The van der Waals surface area contributed by atoms with Gasteiger partial charge in [0, 0.05) is 29.6 Å². The van der Waals surface area contributed by atoms with Crippen molar-refractivity contribution in [3.63, 3.8) is 0 Å². The van der Waals surface area contributed by atoms with Gasteiger partial charge in [0.2, 0.25) is 0 Å². The molecular formula is C21H20FN5OS. The number of carbonyl (C=O) groups excluding carboxylic acids is 1. The van der Waals surface area contributed by atoms with Crippen molar-refractivity contribution in [1.29, 1.82) is 5.26 Å². The van der Waals surface area contributed by atoms with Crippen LogP contribution in [0.25, 0.3) is 11.3 Å². The van der Waals surface area contributed by atoms with Crippen molar-refractivity contribution in [2.24, 2.45) is 5.73 Å². The number of halogens is 1. The summed E-state index contributed by atoms with van der Waals surface area (Å²) in [5, 5.41) is 16.7. The SMILES string of the molecule is N#Cc1cnn2c1-c1cc(C(=O)NC(CN)Cc3cccc(F)c3)sc1CCC2. The van der Waals surface area contributed by atoms with E-state index in [-0.39, 0.29) is 24.3 Å². The smallest absolute Gasteiger partial charge is 0.261 e. The fourth-order valence-corrected chi connectivity index (χ4v) is 4.74. The molecule has 29 heavy (non-hydrogen) atoms. The van der Waals surface area contributed by atoms with E-state index in [9.17, 15) is 14.4 Å². The predicted molar refractivity (Wildman–Crippen MR) is 109 cm³/mol. The Hall–Kier alpha value is -3.02. The van der Waals surface area contributed by atoms with Crippen molar-refractivity contribution in [3.05, 3.63) is 63.2 Å². The molecule has 3 heterocycles. The maximum atomic E-state index is 13.4. The Labute approximate surface area is 171 Å². The highest BCUT2D eigenvalue weighted by atomic mass is 32.1. The molecule has 0 saturated carbocycles. The van der Waals surface area contributed by atoms with Gasteiger partial charge >= 0.3 is 0 Å². The second-order valence-electron chi connectivity index (χ2n) is 7.03. The van der Waals surface area contributed by atoms with E-state index in [0.29, 0.717) is 16.9 Å². The van der Waals surface area contributed by atoms with Crippen LogP contribution in [0.2, 0.25) is 0 Å². The number of benzene rings is 1. The molecule has 0 radical (unpaired) electrons. The third kappa shape index (κ3) is 3.92. The van der Waals surface area contributed by atoms with Gasteiger partial charge in [0.25, 0.3) is 5.91 Å². The number of hydrogen-bond acceptors (Lipinski definition) is 5. The van der Waals surface area contributed by atoms with Gasteiger partial charge in [-0.15, -0.1) is 11.3 Å². The molecule has 0 bridgehead atoms. The highest BCUT2D eigenvalue weighted by Crippen LogP contribution is 2.36. The summed E-state index contributed by atoms with van der Waals surface area (Å²) in [7, 11) is 0. The second kappa shape index (κ2) is 8.15. The monoisotopic (exact) mass is 409 g/mol. The zero-order valence-corrected chi connectivity index (χ0v) is 16.5. The zero-order chi connectivity index (χ0) is 20.4. The number of nitriles is 1. The summed E-state index contributed by atoms with van der Waals surface area (Å²) in [4.78, 5) is 14.5. The second-order valence-corrected chi connectivity index (χ2v) is 8.17. The lowest BCUT2D eigenvalue weighted by atomic mass is 10.1. The van der Waals surface area contributed by atoms with Crippen LogP contribution in [0.4, 0.5) is 4.39 Å². The topological polar surface area (TPSA) is 96.7 Å². The largest absolute Gasteiger partial charge is 0.347 e. The normalized spacial score (nSPS) is 13.7. The van der Waals surface area contributed by atoms with E-state index in [1.807, 2.05) is 16.8 Å². The molecule has 3 N–H and O–H groups in total. The number of nitrogens with zero attached hydrogens (tertiary/aromatic N) is 3. The molecule has 1 atom stereocenters. The van der Waals surface area contributed by atoms with Gasteiger partial charge in [-0.3, -0.25) is 9.48 Å². The van der Waals surface area contributed by atoms with E-state index in [4.69, 9.17) is 5.73 Å². The first kappa shape index (κ1) is 19.3. The molecule has 1 aliphatic rings. The lowest BCUT2D eigenvalue weighted by Gasteiger charge is -2.16. The molecule has 0 aliphatic carbocycles. The molecule has 1 unspecified atom stereocenters. The molecule has 6 nitrogen and oxygen atoms in total. The Morgan fingerprint density at radius 2 is 2.31 bits per heavy atom. The minimum Gasteiger partial charge on any atom is -0.347 e. The number of carbonyl (C=O) groups is 1. The van der Waals surface area contributed by atoms with Crippen molar-refractivity contribution >= 4 is 17.2 Å². The Balaban J connectivity index is 1.56. The van der Waals surface area contributed by atoms with Gasteiger partial charge in [-0.2, -0.15) is 10.4 Å². The molecule has 0 fully saturated rings. The number of fused-ring (bicyclic) bond motifs is 3. The number of hydrogen-bond donors (Lipinski definition) is 2. The number of nitrogens with one attached hydrogen (secondary N) is 1. The van der Waals surface area contributed by atoms with Crippen LogP contribution in [-0.2, 0) is 19.4 Å². The van der Waals surface area contributed by atoms with E-state index in [1.165, 1.54) is 23.5 Å². The van der Waals surface area contributed by atoms with E-state index in [1.54, 1.807) is 12.3 Å². The molecule has 4 rings (SSSR count). The van der Waals surface area contributed by atoms with Gasteiger partial charge in [-0.25, -0.2) is 4.39 Å². The van der Waals surface area contributed by atoms with Crippen LogP contribution in [0.15, 0.2) is 36.5 Å². The summed E-state index contributed by atoms with van der Waals surface area (Å²) in [5.74, 6) is -0.518. The minimum atomic E-state index is -0.309. The Morgan fingerprint density at radius 3 is 3.07 bits per heavy atom. The summed E-state index contributed by atoms with van der Waals surface area (Å²) in [6.07, 6.45) is 3.77. The molecule has 2 aromatic heterocycles. The molecule has 8 heteroatoms. The number of thiophene rings is 1. The Morgan fingerprint density at radius 1 is 1.45 bits per heavy atom. The summed E-state index contributed by atoms with van der Waals surface area (Å²) in [6, 6.07) is 10.0. The summed E-state index contributed by atoms with van der Waals surface area (Å²) >= 11 is 1.44. The van der Waals surface area contributed by atoms with Crippen molar-refractivity contribution in [2.75, 3.05) is 6.54 Å². The first-order valence-corrected chi connectivity index (χ1v) is 10.2. The average Bonchev–Trinajstić information content (AvgIpc) is 3.27. The third-order valence-electron chi connectivity index (χ3n) is 5.01. The first-order chi connectivity index (χ1) is 14.1. The van der Waals surface area contributed by atoms with Crippen molar-refractivity contribution in [2.45, 2.75) is 31.8 Å². The van der Waals surface area contributed by atoms with Gasteiger partial charge in [0.1, 0.15) is 11.9 Å². The summed E-state index contributed by atoms with van der Waals surface area (Å²) in [5.41, 5.74) is 8.82. The van der Waals surface area contributed by atoms with E-state index in [0.717, 1.165) is 41.1 Å². The third-order valence-corrected chi connectivity index (χ3v) is 6.21. The van der Waals surface area contributed by atoms with E-state index < -0.39 is 0 Å². The van der Waals surface area contributed by atoms with Crippen molar-refractivity contribution < 1.29 is 9.18 Å². The molecule has 1 aliphatic heterocycles. The number of aromatic nitrogens is 2. The highest BCUT2D eigenvalue weighted by Gasteiger charge is 2.24. The van der Waals surface area contributed by atoms with Crippen molar-refractivity contribution in [1.82, 2.24) is 15.1 Å². The lowest BCUT2D eigenvalue weighted by molar-refractivity contribution is 0.0942. The zero-order valence-electron chi connectivity index (χ0n) is 15.7. The quantitative estimate of drug-likeness (QED) is 0.677. The predicted octanol–water partition coefficient (Wildman–Crippen LogP) is 2.87. The molecule has 1 aromatic carbocycles. The maximum Gasteiger partial charge on any atom is 0.261 e. The molecule has 3 aromatic rings. The molecule has 0 saturated heterocycles. The van der Waals surface area contributed by atoms with Crippen LogP contribution < -0.4 is 11.1 Å². The van der Waals surface area contributed by atoms with Gasteiger partial charge in [0.15, 0.2) is 0 Å². The average molecular weight is 409 g/mol. The van der Waals surface area contributed by atoms with Gasteiger partial charge in [0.05, 0.1) is 22.3 Å². The molecular weight excluding hydrogens is 389 g/mol. The van der Waals surface area contributed by atoms with E-state index in [2.05, 4.69) is 16.5 Å². The number of amides is 1. The van der Waals surface area contributed by atoms with Gasteiger partial charge < -0.3 is 11.1 Å². The Kier molecular flexibility index (Phi) is 5.43. The van der Waals surface area contributed by atoms with Crippen molar-refractivity contribution in [3.8, 4) is 17.3 Å².